The molecule has 25 heteroatoms. The van der Waals surface area contributed by atoms with Gasteiger partial charge in [0.1, 0.15) is 53.1 Å². The van der Waals surface area contributed by atoms with E-state index in [1.807, 2.05) is 0 Å². The molecule has 0 heterocycles. The number of nitriles is 7. The SMILES string of the molecule is N#CC(C#N)=C1C(C(F)(F)F)=CC(C(C#N)=C2C(=c3cc(C(F)(F)F)c(=C(C#N)C#N)c(C(F)(F)F)c3)C2=c2cc(C(F)(F)F)c(=C(C#N)C#N)c(C(F)(F)F)c2)C=C1C(F)(F)F. The van der Waals surface area contributed by atoms with E-state index < -0.39 is 142 Å². The molecule has 2 aromatic carbocycles. The molecule has 320 valence electrons. The highest BCUT2D eigenvalue weighted by Crippen LogP contribution is 2.53. The molecule has 63 heavy (non-hydrogen) atoms. The Hall–Kier alpha value is -7.95. The third-order valence-corrected chi connectivity index (χ3v) is 8.75. The van der Waals surface area contributed by atoms with Crippen LogP contribution in [-0.4, -0.2) is 12.4 Å². The topological polar surface area (TPSA) is 167 Å². The number of benzene rings is 2. The van der Waals surface area contributed by atoms with E-state index in [0.29, 0.717) is 0 Å². The number of hydrogen-bond acceptors (Lipinski definition) is 7. The normalized spacial score (nSPS) is 15.6. The average molecular weight is 903 g/mol. The molecule has 0 atom stereocenters. The first-order valence-electron chi connectivity index (χ1n) is 15.8. The van der Waals surface area contributed by atoms with Crippen LogP contribution >= 0.6 is 0 Å². The lowest BCUT2D eigenvalue weighted by Gasteiger charge is -2.26. The van der Waals surface area contributed by atoms with Crippen molar-refractivity contribution in [2.24, 2.45) is 5.92 Å². The molecule has 0 saturated heterocycles. The van der Waals surface area contributed by atoms with Crippen LogP contribution < -0.4 is 20.9 Å². The first kappa shape index (κ1) is 47.7. The molecule has 0 spiro atoms. The number of halogens is 18. The van der Waals surface area contributed by atoms with E-state index in [1.165, 1.54) is 0 Å². The quantitative estimate of drug-likeness (QED) is 0.207. The molecular weight excluding hydrogens is 896 g/mol. The van der Waals surface area contributed by atoms with Gasteiger partial charge >= 0.3 is 37.1 Å². The maximum atomic E-state index is 14.5. The monoisotopic (exact) mass is 903 g/mol. The van der Waals surface area contributed by atoms with Gasteiger partial charge in [0.2, 0.25) is 0 Å². The van der Waals surface area contributed by atoms with Gasteiger partial charge in [-0.3, -0.25) is 0 Å². The molecule has 2 aromatic rings. The van der Waals surface area contributed by atoms with Crippen molar-refractivity contribution in [1.82, 2.24) is 0 Å². The van der Waals surface area contributed by atoms with Gasteiger partial charge in [0.25, 0.3) is 0 Å². The smallest absolute Gasteiger partial charge is 0.193 e. The summed E-state index contributed by atoms with van der Waals surface area (Å²) in [7, 11) is 0. The number of nitrogens with zero attached hydrogens (tertiary/aromatic N) is 7. The van der Waals surface area contributed by atoms with Gasteiger partial charge in [-0.15, -0.1) is 0 Å². The van der Waals surface area contributed by atoms with Crippen LogP contribution in [0.15, 0.2) is 69.9 Å². The lowest BCUT2D eigenvalue weighted by molar-refractivity contribution is -0.146. The Kier molecular flexibility index (Phi) is 12.0. The second kappa shape index (κ2) is 15.8. The van der Waals surface area contributed by atoms with Gasteiger partial charge in [-0.2, -0.15) is 116 Å². The van der Waals surface area contributed by atoms with Gasteiger partial charge in [-0.05, 0) is 45.8 Å². The number of hydrogen-bond donors (Lipinski definition) is 0. The van der Waals surface area contributed by atoms with Gasteiger partial charge in [-0.25, -0.2) is 0 Å². The van der Waals surface area contributed by atoms with Crippen LogP contribution in [0.3, 0.4) is 0 Å². The van der Waals surface area contributed by atoms with Crippen LogP contribution in [0.1, 0.15) is 22.3 Å². The summed E-state index contributed by atoms with van der Waals surface area (Å²) >= 11 is 0. The van der Waals surface area contributed by atoms with Gasteiger partial charge in [0.05, 0.1) is 39.5 Å². The van der Waals surface area contributed by atoms with E-state index in [1.54, 1.807) is 0 Å². The molecule has 1 saturated carbocycles. The lowest BCUT2D eigenvalue weighted by Crippen LogP contribution is -2.33. The van der Waals surface area contributed by atoms with Crippen LogP contribution in [0, 0.1) is 85.2 Å². The molecule has 0 aliphatic heterocycles. The Labute approximate surface area is 336 Å². The predicted octanol–water partition coefficient (Wildman–Crippen LogP) is 7.94. The highest BCUT2D eigenvalue weighted by atomic mass is 19.4. The first-order valence-corrected chi connectivity index (χ1v) is 15.8. The van der Waals surface area contributed by atoms with Crippen LogP contribution in [0.25, 0.3) is 22.3 Å². The van der Waals surface area contributed by atoms with Gasteiger partial charge < -0.3 is 0 Å². The van der Waals surface area contributed by atoms with Crippen molar-refractivity contribution in [3.8, 4) is 42.5 Å². The van der Waals surface area contributed by atoms with E-state index in [9.17, 15) is 116 Å². The van der Waals surface area contributed by atoms with Crippen LogP contribution in [0.2, 0.25) is 0 Å². The van der Waals surface area contributed by atoms with Gasteiger partial charge in [0, 0.05) is 33.1 Å². The summed E-state index contributed by atoms with van der Waals surface area (Å²) in [5.41, 5.74) is -28.8. The molecule has 0 unspecified atom stereocenters. The van der Waals surface area contributed by atoms with Gasteiger partial charge in [0.15, 0.2) is 0 Å². The van der Waals surface area contributed by atoms with Gasteiger partial charge in [-0.1, -0.05) is 12.2 Å². The Morgan fingerprint density at radius 2 is 0.635 bits per heavy atom. The molecule has 0 N–H and O–H groups in total. The van der Waals surface area contributed by atoms with Crippen molar-refractivity contribution in [1.29, 1.82) is 36.8 Å². The minimum atomic E-state index is -6.04. The van der Waals surface area contributed by atoms with Crippen molar-refractivity contribution in [2.45, 2.75) is 37.1 Å². The minimum Gasteiger partial charge on any atom is -0.193 e. The van der Waals surface area contributed by atoms with Crippen LogP contribution in [-0.2, 0) is 24.7 Å². The highest BCUT2D eigenvalue weighted by molar-refractivity contribution is 6.29. The summed E-state index contributed by atoms with van der Waals surface area (Å²) in [6.07, 6.45) is -36.8. The Morgan fingerprint density at radius 3 is 0.841 bits per heavy atom. The summed E-state index contributed by atoms with van der Waals surface area (Å²) in [5, 5.41) is 57.9. The second-order valence-electron chi connectivity index (χ2n) is 12.4. The molecule has 4 rings (SSSR count). The zero-order valence-corrected chi connectivity index (χ0v) is 29.5. The number of rotatable bonds is 1. The third-order valence-electron chi connectivity index (χ3n) is 8.75. The summed E-state index contributed by atoms with van der Waals surface area (Å²) in [4.78, 5) is 0. The van der Waals surface area contributed by atoms with Crippen molar-refractivity contribution in [3.63, 3.8) is 0 Å². The summed E-state index contributed by atoms with van der Waals surface area (Å²) < 4.78 is 261. The molecule has 0 radical (unpaired) electrons. The minimum absolute atomic E-state index is 0.308. The zero-order chi connectivity index (χ0) is 48.2. The summed E-state index contributed by atoms with van der Waals surface area (Å²) in [6.45, 7) is 0. The summed E-state index contributed by atoms with van der Waals surface area (Å²) in [5.74, 6) is -2.87. The van der Waals surface area contributed by atoms with Crippen LogP contribution in [0.5, 0.6) is 0 Å². The van der Waals surface area contributed by atoms with Crippen LogP contribution in [0.4, 0.5) is 79.0 Å². The molecule has 0 bridgehead atoms. The molecule has 2 aliphatic rings. The number of allylic oxidation sites excluding steroid dienone is 8. The molecular formula is C38H7F18N7. The molecule has 7 nitrogen and oxygen atoms in total. The molecule has 1 fully saturated rings. The fourth-order valence-electron chi connectivity index (χ4n) is 6.37. The Balaban J connectivity index is 2.59. The fraction of sp³-hybridized carbons (Fsp3) is 0.184. The van der Waals surface area contributed by atoms with Crippen molar-refractivity contribution in [2.75, 3.05) is 0 Å². The molecule has 0 aromatic heterocycles. The zero-order valence-electron chi connectivity index (χ0n) is 29.5. The Bertz CT molecular complexity index is 2790. The molecule has 0 amide bonds. The predicted molar refractivity (Wildman–Crippen MR) is 170 cm³/mol. The van der Waals surface area contributed by atoms with E-state index in [0.717, 1.165) is 42.5 Å². The van der Waals surface area contributed by atoms with Crippen molar-refractivity contribution >= 4 is 22.3 Å². The average Bonchev–Trinajstić information content (AvgIpc) is 3.89. The molecule has 2 aliphatic carbocycles. The van der Waals surface area contributed by atoms with Crippen molar-refractivity contribution < 1.29 is 79.0 Å². The maximum Gasteiger partial charge on any atom is 0.417 e. The van der Waals surface area contributed by atoms with E-state index in [4.69, 9.17) is 0 Å². The van der Waals surface area contributed by atoms with Crippen molar-refractivity contribution in [3.05, 3.63) is 113 Å². The fourth-order valence-corrected chi connectivity index (χ4v) is 6.37. The standard InChI is InChI=1S/C38H7F18N7/c39-33(40,41)21-1-14(2-22(34(42,43)44)27(21)17(7-57)8-58)20(13-63)32-30(15-3-23(35(45,46)47)28(18(9-59)10-60)24(4-15)36(48,49)50)31(32)16-5-25(37(51,52)53)29(19(11-61)12-62)26(6-16)38(54,55)56/h1-6,14H. The van der Waals surface area contributed by atoms with E-state index >= 15 is 0 Å². The highest BCUT2D eigenvalue weighted by Gasteiger charge is 2.50. The van der Waals surface area contributed by atoms with E-state index in [-0.39, 0.29) is 36.4 Å². The Morgan fingerprint density at radius 1 is 0.365 bits per heavy atom. The maximum absolute atomic E-state index is 14.5. The third kappa shape index (κ3) is 8.93. The number of alkyl halides is 18. The largest absolute Gasteiger partial charge is 0.417 e. The van der Waals surface area contributed by atoms with E-state index in [2.05, 4.69) is 0 Å². The second-order valence-corrected chi connectivity index (χ2v) is 12.4. The summed E-state index contributed by atoms with van der Waals surface area (Å²) in [6, 6.07) is 4.26. The lowest BCUT2D eigenvalue weighted by atomic mass is 9.80. The first-order chi connectivity index (χ1) is 28.8.